The first-order valence-electron chi connectivity index (χ1n) is 15.2. The molecule has 0 aromatic heterocycles. The minimum atomic E-state index is 1.30. The van der Waals surface area contributed by atoms with Crippen LogP contribution in [-0.2, 0) is 0 Å². The van der Waals surface area contributed by atoms with E-state index in [1.807, 2.05) is 0 Å². The Kier molecular flexibility index (Phi) is 5.61. The highest BCUT2D eigenvalue weighted by atomic mass is 14.1. The van der Waals surface area contributed by atoms with Crippen molar-refractivity contribution >= 4 is 86.2 Å². The van der Waals surface area contributed by atoms with E-state index in [1.165, 1.54) is 86.2 Å². The van der Waals surface area contributed by atoms with Crippen molar-refractivity contribution in [2.45, 2.75) is 0 Å². The lowest BCUT2D eigenvalue weighted by molar-refractivity contribution is 1.78. The Morgan fingerprint density at radius 1 is 0.159 bits per heavy atom. The van der Waals surface area contributed by atoms with Gasteiger partial charge in [0.15, 0.2) is 0 Å². The van der Waals surface area contributed by atoms with E-state index in [1.54, 1.807) is 0 Å². The molecule has 44 heavy (non-hydrogen) atoms. The molecule has 0 heterocycles. The third-order valence-electron chi connectivity index (χ3n) is 9.14. The second kappa shape index (κ2) is 9.93. The molecule has 0 bridgehead atoms. The number of benzene rings is 10. The summed E-state index contributed by atoms with van der Waals surface area (Å²) in [5.74, 6) is 0. The van der Waals surface area contributed by atoms with Gasteiger partial charge in [0.1, 0.15) is 0 Å². The summed E-state index contributed by atoms with van der Waals surface area (Å²) in [4.78, 5) is 0. The predicted octanol–water partition coefficient (Wildman–Crippen LogP) is 12.6. The van der Waals surface area contributed by atoms with Crippen molar-refractivity contribution in [1.82, 2.24) is 0 Å². The molecule has 0 aliphatic carbocycles. The van der Waals surface area contributed by atoms with Crippen molar-refractivity contribution in [2.24, 2.45) is 0 Å². The van der Waals surface area contributed by atoms with E-state index >= 15 is 0 Å². The zero-order chi connectivity index (χ0) is 29.0. The van der Waals surface area contributed by atoms with Crippen LogP contribution in [-0.4, -0.2) is 0 Å². The zero-order valence-corrected chi connectivity index (χ0v) is 24.2. The van der Waals surface area contributed by atoms with Gasteiger partial charge in [0.2, 0.25) is 0 Å². The highest BCUT2D eigenvalue weighted by Gasteiger charge is 2.06. The summed E-state index contributed by atoms with van der Waals surface area (Å²) in [7, 11) is 0. The van der Waals surface area contributed by atoms with Gasteiger partial charge in [0.05, 0.1) is 0 Å². The van der Waals surface area contributed by atoms with Gasteiger partial charge in [-0.3, -0.25) is 0 Å². The molecule has 0 nitrogen and oxygen atoms in total. The number of rotatable bonds is 0. The van der Waals surface area contributed by atoms with Crippen LogP contribution in [0.4, 0.5) is 0 Å². The summed E-state index contributed by atoms with van der Waals surface area (Å²) in [6.07, 6.45) is 0. The van der Waals surface area contributed by atoms with Gasteiger partial charge in [-0.1, -0.05) is 121 Å². The van der Waals surface area contributed by atoms with Crippen LogP contribution in [0.1, 0.15) is 0 Å². The Labute approximate surface area is 255 Å². The topological polar surface area (TPSA) is 0 Å². The molecule has 204 valence electrons. The fourth-order valence-corrected chi connectivity index (χ4v) is 6.88. The molecule has 0 radical (unpaired) electrons. The Balaban J connectivity index is 0.000000123. The first kappa shape index (κ1) is 24.8. The van der Waals surface area contributed by atoms with Crippen LogP contribution in [0.15, 0.2) is 170 Å². The van der Waals surface area contributed by atoms with Crippen LogP contribution in [0.3, 0.4) is 0 Å². The maximum atomic E-state index is 2.32. The van der Waals surface area contributed by atoms with E-state index in [0.717, 1.165) is 0 Å². The fraction of sp³-hybridized carbons (Fsp3) is 0. The van der Waals surface area contributed by atoms with Gasteiger partial charge < -0.3 is 0 Å². The molecular formula is C44H28. The van der Waals surface area contributed by atoms with Gasteiger partial charge in [-0.25, -0.2) is 0 Å². The minimum Gasteiger partial charge on any atom is -0.0616 e. The van der Waals surface area contributed by atoms with Gasteiger partial charge in [0, 0.05) is 0 Å². The van der Waals surface area contributed by atoms with Crippen molar-refractivity contribution in [2.75, 3.05) is 0 Å². The second-order valence-electron chi connectivity index (χ2n) is 11.8. The molecule has 0 unspecified atom stereocenters. The normalized spacial score (nSPS) is 11.6. The van der Waals surface area contributed by atoms with Crippen LogP contribution >= 0.6 is 0 Å². The lowest BCUT2D eigenvalue weighted by atomic mass is 9.96. The summed E-state index contributed by atoms with van der Waals surface area (Å²) < 4.78 is 0. The summed E-state index contributed by atoms with van der Waals surface area (Å²) in [5.41, 5.74) is 0. The third kappa shape index (κ3) is 4.15. The third-order valence-corrected chi connectivity index (χ3v) is 9.14. The molecule has 0 atom stereocenters. The highest BCUT2D eigenvalue weighted by molar-refractivity contribution is 6.16. The minimum absolute atomic E-state index is 1.30. The molecule has 0 saturated heterocycles. The number of fused-ring (bicyclic) bond motifs is 10. The van der Waals surface area contributed by atoms with E-state index < -0.39 is 0 Å². The summed E-state index contributed by atoms with van der Waals surface area (Å²) in [5, 5.41) is 21.0. The fourth-order valence-electron chi connectivity index (χ4n) is 6.88. The maximum absolute atomic E-state index is 2.32. The molecule has 0 aliphatic rings. The SMILES string of the molecule is c1ccc2cc3c(ccc4cc5ccccc5cc43)cc2c1.c1ccc2cc3c(ccc4cc5ccccc5cc43)cc2c1. The molecule has 0 N–H and O–H groups in total. The Morgan fingerprint density at radius 3 is 0.545 bits per heavy atom. The summed E-state index contributed by atoms with van der Waals surface area (Å²) in [6, 6.07) is 61.7. The van der Waals surface area contributed by atoms with Crippen LogP contribution in [0.5, 0.6) is 0 Å². The van der Waals surface area contributed by atoms with E-state index in [-0.39, 0.29) is 0 Å². The van der Waals surface area contributed by atoms with Crippen LogP contribution in [0, 0.1) is 0 Å². The van der Waals surface area contributed by atoms with Gasteiger partial charge in [-0.05, 0) is 135 Å². The molecule has 0 spiro atoms. The first-order valence-corrected chi connectivity index (χ1v) is 15.2. The molecule has 0 heteroatoms. The quantitative estimate of drug-likeness (QED) is 0.129. The smallest absolute Gasteiger partial charge is 0.00988 e. The largest absolute Gasteiger partial charge is 0.0616 e. The molecule has 10 aromatic rings. The predicted molar refractivity (Wildman–Crippen MR) is 193 cm³/mol. The van der Waals surface area contributed by atoms with Gasteiger partial charge >= 0.3 is 0 Å². The Hall–Kier alpha value is -5.72. The number of hydrogen-bond acceptors (Lipinski definition) is 0. The highest BCUT2D eigenvalue weighted by Crippen LogP contribution is 2.33. The van der Waals surface area contributed by atoms with Crippen LogP contribution in [0.2, 0.25) is 0 Å². The van der Waals surface area contributed by atoms with Gasteiger partial charge in [-0.2, -0.15) is 0 Å². The van der Waals surface area contributed by atoms with Crippen molar-refractivity contribution in [3.63, 3.8) is 0 Å². The Morgan fingerprint density at radius 2 is 0.341 bits per heavy atom. The first-order chi connectivity index (χ1) is 21.8. The van der Waals surface area contributed by atoms with Gasteiger partial charge in [-0.15, -0.1) is 0 Å². The van der Waals surface area contributed by atoms with E-state index in [4.69, 9.17) is 0 Å². The number of hydrogen-bond donors (Lipinski definition) is 0. The average Bonchev–Trinajstić information content (AvgIpc) is 3.08. The van der Waals surface area contributed by atoms with E-state index in [9.17, 15) is 0 Å². The lowest BCUT2D eigenvalue weighted by Crippen LogP contribution is -1.81. The molecule has 10 rings (SSSR count). The van der Waals surface area contributed by atoms with Crippen molar-refractivity contribution in [1.29, 1.82) is 0 Å². The molecule has 0 saturated carbocycles. The standard InChI is InChI=1S/2C22H14/c2*1-3-7-17-13-21-19(11-15(17)5-1)9-10-20-12-16-6-2-4-8-18(16)14-22(20)21/h2*1-14H. The van der Waals surface area contributed by atoms with E-state index in [2.05, 4.69) is 170 Å². The maximum Gasteiger partial charge on any atom is -0.00988 e. The van der Waals surface area contributed by atoms with Gasteiger partial charge in [0.25, 0.3) is 0 Å². The molecule has 0 fully saturated rings. The monoisotopic (exact) mass is 556 g/mol. The second-order valence-corrected chi connectivity index (χ2v) is 11.8. The lowest BCUT2D eigenvalue weighted by Gasteiger charge is -2.08. The van der Waals surface area contributed by atoms with Crippen molar-refractivity contribution in [3.8, 4) is 0 Å². The molecule has 0 aliphatic heterocycles. The Bertz CT molecular complexity index is 2330. The van der Waals surface area contributed by atoms with E-state index in [0.29, 0.717) is 0 Å². The molecule has 10 aromatic carbocycles. The summed E-state index contributed by atoms with van der Waals surface area (Å²) >= 11 is 0. The van der Waals surface area contributed by atoms with Crippen LogP contribution < -0.4 is 0 Å². The van der Waals surface area contributed by atoms with Crippen LogP contribution in [0.25, 0.3) is 86.2 Å². The molecule has 0 amide bonds. The molecular weight excluding hydrogens is 528 g/mol. The zero-order valence-electron chi connectivity index (χ0n) is 24.2. The van der Waals surface area contributed by atoms with Crippen molar-refractivity contribution < 1.29 is 0 Å². The summed E-state index contributed by atoms with van der Waals surface area (Å²) in [6.45, 7) is 0. The average molecular weight is 557 g/mol. The van der Waals surface area contributed by atoms with Crippen molar-refractivity contribution in [3.05, 3.63) is 170 Å².